The van der Waals surface area contributed by atoms with Crippen LogP contribution >= 0.6 is 11.6 Å². The van der Waals surface area contributed by atoms with Gasteiger partial charge in [-0.05, 0) is 54.6 Å². The molecule has 3 aromatic rings. The van der Waals surface area contributed by atoms with E-state index >= 15 is 0 Å². The summed E-state index contributed by atoms with van der Waals surface area (Å²) < 4.78 is 55.5. The highest BCUT2D eigenvalue weighted by atomic mass is 35.5. The Hall–Kier alpha value is -3.57. The number of pyridine rings is 1. The molecule has 0 aliphatic heterocycles. The zero-order chi connectivity index (χ0) is 24.9. The van der Waals surface area contributed by atoms with Gasteiger partial charge in [0, 0.05) is 29.9 Å². The van der Waals surface area contributed by atoms with Gasteiger partial charge in [-0.25, -0.2) is 22.0 Å². The van der Waals surface area contributed by atoms with Crippen LogP contribution in [0.25, 0.3) is 0 Å². The highest BCUT2D eigenvalue weighted by Gasteiger charge is 2.34. The van der Waals surface area contributed by atoms with Crippen LogP contribution in [-0.2, 0) is 9.84 Å². The van der Waals surface area contributed by atoms with Crippen LogP contribution in [0.5, 0.6) is 0 Å². The molecule has 8 nitrogen and oxygen atoms in total. The Labute approximate surface area is 198 Å². The molecule has 0 fully saturated rings. The van der Waals surface area contributed by atoms with Gasteiger partial charge in [0.15, 0.2) is 9.84 Å². The standard InChI is InChI=1S/C22H18ClF2N3O5S/c23-14-2-5-16(6-3-14)34(32,33)20(17-11-15(24)4-7-18(17)25)19-8-1-13(12-28-19)21(29)26-9-10-27-22(30)31/h1-8,11-12,20,27H,9-10H2,(H,26,29)(H,30,31). The van der Waals surface area contributed by atoms with Crippen LogP contribution in [0.2, 0.25) is 5.02 Å². The summed E-state index contributed by atoms with van der Waals surface area (Å²) in [4.78, 5) is 26.5. The van der Waals surface area contributed by atoms with Gasteiger partial charge in [-0.1, -0.05) is 11.6 Å². The topological polar surface area (TPSA) is 125 Å². The smallest absolute Gasteiger partial charge is 0.404 e. The van der Waals surface area contributed by atoms with E-state index in [0.717, 1.165) is 24.4 Å². The molecule has 1 unspecified atom stereocenters. The van der Waals surface area contributed by atoms with Crippen LogP contribution in [0.4, 0.5) is 13.6 Å². The highest BCUT2D eigenvalue weighted by Crippen LogP contribution is 2.36. The Morgan fingerprint density at radius 2 is 1.68 bits per heavy atom. The van der Waals surface area contributed by atoms with Crippen molar-refractivity contribution < 1.29 is 31.9 Å². The average molecular weight is 510 g/mol. The molecule has 1 heterocycles. The number of carboxylic acid groups (broad SMARTS) is 1. The molecule has 12 heteroatoms. The first kappa shape index (κ1) is 25.1. The highest BCUT2D eigenvalue weighted by molar-refractivity contribution is 7.91. The van der Waals surface area contributed by atoms with Crippen LogP contribution in [0.1, 0.15) is 26.9 Å². The van der Waals surface area contributed by atoms with Crippen LogP contribution < -0.4 is 10.6 Å². The normalized spacial score (nSPS) is 12.1. The van der Waals surface area contributed by atoms with Crippen LogP contribution in [0, 0.1) is 11.6 Å². The van der Waals surface area contributed by atoms with Gasteiger partial charge in [-0.2, -0.15) is 0 Å². The molecule has 0 spiro atoms. The van der Waals surface area contributed by atoms with E-state index < -0.39 is 44.3 Å². The summed E-state index contributed by atoms with van der Waals surface area (Å²) in [5, 5.41) is 11.7. The van der Waals surface area contributed by atoms with Crippen molar-refractivity contribution in [3.8, 4) is 0 Å². The summed E-state index contributed by atoms with van der Waals surface area (Å²) in [6.45, 7) is -0.0121. The molecule has 34 heavy (non-hydrogen) atoms. The molecule has 2 aromatic carbocycles. The molecule has 178 valence electrons. The third-order valence-corrected chi connectivity index (χ3v) is 6.99. The monoisotopic (exact) mass is 509 g/mol. The van der Waals surface area contributed by atoms with Crippen molar-refractivity contribution in [1.29, 1.82) is 0 Å². The predicted molar refractivity (Wildman–Crippen MR) is 119 cm³/mol. The lowest BCUT2D eigenvalue weighted by Gasteiger charge is -2.19. The first-order valence-electron chi connectivity index (χ1n) is 9.75. The zero-order valence-electron chi connectivity index (χ0n) is 17.3. The minimum Gasteiger partial charge on any atom is -0.465 e. The summed E-state index contributed by atoms with van der Waals surface area (Å²) in [5.74, 6) is -2.36. The van der Waals surface area contributed by atoms with Gasteiger partial charge in [0.2, 0.25) is 0 Å². The number of nitrogens with zero attached hydrogens (tertiary/aromatic N) is 1. The number of hydrogen-bond donors (Lipinski definition) is 3. The molecule has 3 N–H and O–H groups in total. The fourth-order valence-corrected chi connectivity index (χ4v) is 4.99. The molecule has 1 atom stereocenters. The lowest BCUT2D eigenvalue weighted by molar-refractivity contribution is 0.0952. The second-order valence-electron chi connectivity index (χ2n) is 7.00. The van der Waals surface area contributed by atoms with E-state index in [2.05, 4.69) is 15.6 Å². The van der Waals surface area contributed by atoms with Gasteiger partial charge in [-0.3, -0.25) is 9.78 Å². The average Bonchev–Trinajstić information content (AvgIpc) is 2.79. The number of sulfone groups is 1. The summed E-state index contributed by atoms with van der Waals surface area (Å²) in [7, 11) is -4.31. The van der Waals surface area contributed by atoms with Gasteiger partial charge in [0.05, 0.1) is 16.2 Å². The Kier molecular flexibility index (Phi) is 7.79. The predicted octanol–water partition coefficient (Wildman–Crippen LogP) is 3.57. The van der Waals surface area contributed by atoms with Crippen LogP contribution in [0.3, 0.4) is 0 Å². The van der Waals surface area contributed by atoms with Gasteiger partial charge in [0.1, 0.15) is 16.9 Å². The maximum Gasteiger partial charge on any atom is 0.404 e. The number of rotatable bonds is 8. The molecular formula is C22H18ClF2N3O5S. The van der Waals surface area contributed by atoms with Gasteiger partial charge >= 0.3 is 6.09 Å². The largest absolute Gasteiger partial charge is 0.465 e. The third-order valence-electron chi connectivity index (χ3n) is 4.70. The number of hydrogen-bond acceptors (Lipinski definition) is 5. The van der Waals surface area contributed by atoms with Crippen molar-refractivity contribution in [2.24, 2.45) is 0 Å². The lowest BCUT2D eigenvalue weighted by atomic mass is 10.1. The minimum absolute atomic E-state index is 0.00889. The van der Waals surface area contributed by atoms with E-state index in [1.165, 1.54) is 36.4 Å². The van der Waals surface area contributed by atoms with Crippen molar-refractivity contribution in [3.63, 3.8) is 0 Å². The minimum atomic E-state index is -4.31. The van der Waals surface area contributed by atoms with Crippen molar-refractivity contribution in [2.75, 3.05) is 13.1 Å². The summed E-state index contributed by atoms with van der Waals surface area (Å²) in [6, 6.07) is 10.2. The van der Waals surface area contributed by atoms with Crippen LogP contribution in [0.15, 0.2) is 65.7 Å². The van der Waals surface area contributed by atoms with Crippen molar-refractivity contribution >= 4 is 33.4 Å². The molecule has 0 bridgehead atoms. The maximum absolute atomic E-state index is 14.7. The Morgan fingerprint density at radius 1 is 1.00 bits per heavy atom. The molecule has 0 aliphatic rings. The Morgan fingerprint density at radius 3 is 2.29 bits per heavy atom. The number of halogens is 3. The van der Waals surface area contributed by atoms with E-state index in [4.69, 9.17) is 16.7 Å². The number of carbonyl (C=O) groups excluding carboxylic acids is 1. The quantitative estimate of drug-likeness (QED) is 0.399. The Balaban J connectivity index is 1.97. The van der Waals surface area contributed by atoms with E-state index in [1.54, 1.807) is 0 Å². The molecule has 0 radical (unpaired) electrons. The number of carbonyl (C=O) groups is 2. The van der Waals surface area contributed by atoms with E-state index in [-0.39, 0.29) is 29.2 Å². The molecule has 1 aromatic heterocycles. The number of aromatic nitrogens is 1. The number of nitrogens with one attached hydrogen (secondary N) is 2. The van der Waals surface area contributed by atoms with Crippen LogP contribution in [-0.4, -0.2) is 43.6 Å². The number of amides is 2. The SMILES string of the molecule is O=C(O)NCCNC(=O)c1ccc(C(c2cc(F)ccc2F)S(=O)(=O)c2ccc(Cl)cc2)nc1. The molecule has 0 saturated carbocycles. The van der Waals surface area contributed by atoms with Gasteiger partial charge < -0.3 is 15.7 Å². The van der Waals surface area contributed by atoms with E-state index in [9.17, 15) is 26.8 Å². The van der Waals surface area contributed by atoms with Crippen molar-refractivity contribution in [3.05, 3.63) is 94.3 Å². The maximum atomic E-state index is 14.7. The summed E-state index contributed by atoms with van der Waals surface area (Å²) >= 11 is 5.84. The van der Waals surface area contributed by atoms with E-state index in [0.29, 0.717) is 5.02 Å². The second-order valence-corrected chi connectivity index (χ2v) is 9.47. The number of benzene rings is 2. The molecule has 0 saturated heterocycles. The summed E-state index contributed by atoms with van der Waals surface area (Å²) in [6.07, 6.45) is -0.144. The molecule has 0 aliphatic carbocycles. The fourth-order valence-electron chi connectivity index (χ4n) is 3.10. The van der Waals surface area contributed by atoms with Gasteiger partial charge in [-0.15, -0.1) is 0 Å². The first-order valence-corrected chi connectivity index (χ1v) is 11.7. The second kappa shape index (κ2) is 10.6. The first-order chi connectivity index (χ1) is 16.1. The molecular weight excluding hydrogens is 492 g/mol. The lowest BCUT2D eigenvalue weighted by Crippen LogP contribution is -2.34. The Bertz CT molecular complexity index is 1300. The molecule has 3 rings (SSSR count). The van der Waals surface area contributed by atoms with E-state index in [1.807, 2.05) is 0 Å². The zero-order valence-corrected chi connectivity index (χ0v) is 18.9. The third kappa shape index (κ3) is 5.86. The molecule has 2 amide bonds. The van der Waals surface area contributed by atoms with Gasteiger partial charge in [0.25, 0.3) is 5.91 Å². The fraction of sp³-hybridized carbons (Fsp3) is 0.136. The van der Waals surface area contributed by atoms with Crippen molar-refractivity contribution in [1.82, 2.24) is 15.6 Å². The van der Waals surface area contributed by atoms with Crippen molar-refractivity contribution in [2.45, 2.75) is 10.1 Å². The summed E-state index contributed by atoms with van der Waals surface area (Å²) in [5.41, 5.74) is -0.524.